The number of cyclic esters (lactones) is 1. The van der Waals surface area contributed by atoms with E-state index in [0.29, 0.717) is 31.0 Å². The molecule has 1 saturated carbocycles. The minimum Gasteiger partial charge on any atom is -0.448 e. The number of ether oxygens (including phenoxy) is 1. The van der Waals surface area contributed by atoms with Crippen LogP contribution in [0, 0.1) is 22.7 Å². The van der Waals surface area contributed by atoms with Crippen LogP contribution >= 0.6 is 0 Å². The summed E-state index contributed by atoms with van der Waals surface area (Å²) in [5.41, 5.74) is 0.164. The Morgan fingerprint density at radius 1 is 1.26 bits per heavy atom. The Balaban J connectivity index is 1.40. The molecule has 2 saturated heterocycles. The zero-order valence-electron chi connectivity index (χ0n) is 22.2. The molecular formula is C28H35N5O5. The molecule has 0 unspecified atom stereocenters. The van der Waals surface area contributed by atoms with E-state index in [-0.39, 0.29) is 42.7 Å². The first-order chi connectivity index (χ1) is 18.0. The van der Waals surface area contributed by atoms with Gasteiger partial charge in [0, 0.05) is 18.7 Å². The second kappa shape index (κ2) is 9.61. The summed E-state index contributed by atoms with van der Waals surface area (Å²) >= 11 is 0. The highest BCUT2D eigenvalue weighted by molar-refractivity contribution is 6.07. The number of nitriles is 1. The maximum absolute atomic E-state index is 14.1. The SMILES string of the molecule is CC(C)(C)C[C@H](NC(=O)[C@H](CC1CC1)N1CCOC1=O)C(=O)N1C[C@]2(C[C@H]1C#N)C(=O)Nc1ccccc12. The summed E-state index contributed by atoms with van der Waals surface area (Å²) in [5, 5.41) is 15.9. The fraction of sp³-hybridized carbons (Fsp3) is 0.607. The second-order valence-electron chi connectivity index (χ2n) is 12.2. The minimum atomic E-state index is -1.00. The Labute approximate surface area is 222 Å². The molecule has 1 spiro atoms. The first kappa shape index (κ1) is 26.0. The van der Waals surface area contributed by atoms with Gasteiger partial charge < -0.3 is 20.3 Å². The summed E-state index contributed by atoms with van der Waals surface area (Å²) in [5.74, 6) is -0.617. The Morgan fingerprint density at radius 2 is 2.00 bits per heavy atom. The predicted octanol–water partition coefficient (Wildman–Crippen LogP) is 2.54. The van der Waals surface area contributed by atoms with Crippen LogP contribution in [0.4, 0.5) is 10.5 Å². The van der Waals surface area contributed by atoms with Gasteiger partial charge in [0.1, 0.15) is 24.7 Å². The molecule has 202 valence electrons. The first-order valence-electron chi connectivity index (χ1n) is 13.4. The van der Waals surface area contributed by atoms with Crippen molar-refractivity contribution in [2.24, 2.45) is 11.3 Å². The molecule has 5 rings (SSSR count). The molecule has 2 N–H and O–H groups in total. The third kappa shape index (κ3) is 4.82. The quantitative estimate of drug-likeness (QED) is 0.567. The highest BCUT2D eigenvalue weighted by atomic mass is 16.6. The molecule has 38 heavy (non-hydrogen) atoms. The van der Waals surface area contributed by atoms with E-state index in [0.717, 1.165) is 18.4 Å². The fourth-order valence-electron chi connectivity index (χ4n) is 6.00. The van der Waals surface area contributed by atoms with Crippen LogP contribution in [-0.2, 0) is 24.5 Å². The summed E-state index contributed by atoms with van der Waals surface area (Å²) in [4.78, 5) is 56.0. The van der Waals surface area contributed by atoms with Crippen LogP contribution in [0.25, 0.3) is 0 Å². The van der Waals surface area contributed by atoms with Gasteiger partial charge in [-0.3, -0.25) is 19.3 Å². The molecule has 1 aromatic rings. The summed E-state index contributed by atoms with van der Waals surface area (Å²) in [7, 11) is 0. The summed E-state index contributed by atoms with van der Waals surface area (Å²) in [6.45, 7) is 6.57. The molecule has 10 nitrogen and oxygen atoms in total. The van der Waals surface area contributed by atoms with E-state index in [1.54, 1.807) is 0 Å². The van der Waals surface area contributed by atoms with Crippen molar-refractivity contribution in [3.63, 3.8) is 0 Å². The lowest BCUT2D eigenvalue weighted by molar-refractivity contribution is -0.138. The van der Waals surface area contributed by atoms with Gasteiger partial charge in [-0.05, 0) is 35.8 Å². The van der Waals surface area contributed by atoms with Gasteiger partial charge in [0.25, 0.3) is 0 Å². The molecular weight excluding hydrogens is 486 g/mol. The number of hydrogen-bond donors (Lipinski definition) is 2. The lowest BCUT2D eigenvalue weighted by atomic mass is 9.80. The standard InChI is InChI=1S/C28H35N5O5/c1-27(2,3)14-21(30-23(34)22(12-17-8-9-17)32-10-11-38-26(32)37)24(35)33-16-28(13-18(33)15-29)19-6-4-5-7-20(19)31-25(28)36/h4-7,17-18,21-22H,8-14,16H2,1-3H3,(H,30,34)(H,31,36)/t18-,21-,22-,28-/m0/s1. The van der Waals surface area contributed by atoms with Crippen molar-refractivity contribution in [2.45, 2.75) is 76.4 Å². The maximum Gasteiger partial charge on any atom is 0.410 e. The normalized spacial score (nSPS) is 26.0. The number of hydrogen-bond acceptors (Lipinski definition) is 6. The van der Waals surface area contributed by atoms with Crippen molar-refractivity contribution >= 4 is 29.5 Å². The van der Waals surface area contributed by atoms with Crippen LogP contribution < -0.4 is 10.6 Å². The zero-order chi connectivity index (χ0) is 27.2. The van der Waals surface area contributed by atoms with Crippen LogP contribution in [0.15, 0.2) is 24.3 Å². The summed E-state index contributed by atoms with van der Waals surface area (Å²) < 4.78 is 5.09. The molecule has 4 aliphatic rings. The van der Waals surface area contributed by atoms with Crippen molar-refractivity contribution in [1.29, 1.82) is 5.26 Å². The molecule has 3 fully saturated rings. The summed E-state index contributed by atoms with van der Waals surface area (Å²) in [6, 6.07) is 7.15. The number of carbonyl (C=O) groups is 4. The largest absolute Gasteiger partial charge is 0.448 e. The highest BCUT2D eigenvalue weighted by Crippen LogP contribution is 2.46. The third-order valence-corrected chi connectivity index (χ3v) is 8.07. The molecule has 0 radical (unpaired) electrons. The molecule has 10 heteroatoms. The number of nitrogens with zero attached hydrogens (tertiary/aromatic N) is 3. The lowest BCUT2D eigenvalue weighted by Crippen LogP contribution is -2.56. The number of nitrogens with one attached hydrogen (secondary N) is 2. The van der Waals surface area contributed by atoms with E-state index in [4.69, 9.17) is 4.74 Å². The van der Waals surface area contributed by atoms with E-state index < -0.39 is 29.6 Å². The molecule has 4 atom stereocenters. The number of rotatable bonds is 7. The maximum atomic E-state index is 14.1. The molecule has 3 aliphatic heterocycles. The number of benzene rings is 1. The monoisotopic (exact) mass is 521 g/mol. The Kier molecular flexibility index (Phi) is 6.58. The minimum absolute atomic E-state index is 0.0629. The topological polar surface area (TPSA) is 132 Å². The number of para-hydroxylation sites is 1. The van der Waals surface area contributed by atoms with Crippen LogP contribution in [0.5, 0.6) is 0 Å². The van der Waals surface area contributed by atoms with E-state index in [1.165, 1.54) is 9.80 Å². The molecule has 3 heterocycles. The molecule has 1 aromatic carbocycles. The molecule has 1 aliphatic carbocycles. The number of amides is 4. The number of anilines is 1. The van der Waals surface area contributed by atoms with Gasteiger partial charge in [-0.2, -0.15) is 5.26 Å². The average Bonchev–Trinajstić information content (AvgIpc) is 3.34. The van der Waals surface area contributed by atoms with Crippen LogP contribution in [0.1, 0.15) is 58.4 Å². The van der Waals surface area contributed by atoms with E-state index in [9.17, 15) is 24.4 Å². The van der Waals surface area contributed by atoms with Crippen LogP contribution in [-0.4, -0.2) is 71.4 Å². The number of fused-ring (bicyclic) bond motifs is 2. The van der Waals surface area contributed by atoms with E-state index in [1.807, 2.05) is 45.0 Å². The molecule has 0 bridgehead atoms. The van der Waals surface area contributed by atoms with Gasteiger partial charge in [0.15, 0.2) is 0 Å². The van der Waals surface area contributed by atoms with E-state index in [2.05, 4.69) is 16.7 Å². The van der Waals surface area contributed by atoms with Crippen molar-refractivity contribution in [1.82, 2.24) is 15.1 Å². The fourth-order valence-corrected chi connectivity index (χ4v) is 6.00. The number of carbonyl (C=O) groups excluding carboxylic acids is 4. The molecule has 0 aromatic heterocycles. The Morgan fingerprint density at radius 3 is 2.63 bits per heavy atom. The van der Waals surface area contributed by atoms with Gasteiger partial charge in [0.05, 0.1) is 18.0 Å². The van der Waals surface area contributed by atoms with Gasteiger partial charge >= 0.3 is 6.09 Å². The van der Waals surface area contributed by atoms with Gasteiger partial charge in [-0.15, -0.1) is 0 Å². The Bertz CT molecular complexity index is 1200. The average molecular weight is 522 g/mol. The second-order valence-corrected chi connectivity index (χ2v) is 12.2. The first-order valence-corrected chi connectivity index (χ1v) is 13.4. The highest BCUT2D eigenvalue weighted by Gasteiger charge is 2.56. The van der Waals surface area contributed by atoms with Crippen molar-refractivity contribution < 1.29 is 23.9 Å². The predicted molar refractivity (Wildman–Crippen MR) is 138 cm³/mol. The Hall–Kier alpha value is -3.61. The van der Waals surface area contributed by atoms with Gasteiger partial charge in [-0.25, -0.2) is 4.79 Å². The van der Waals surface area contributed by atoms with Gasteiger partial charge in [0.2, 0.25) is 17.7 Å². The third-order valence-electron chi connectivity index (χ3n) is 8.07. The molecule has 4 amide bonds. The van der Waals surface area contributed by atoms with Crippen molar-refractivity contribution in [2.75, 3.05) is 25.0 Å². The van der Waals surface area contributed by atoms with E-state index >= 15 is 0 Å². The van der Waals surface area contributed by atoms with Crippen molar-refractivity contribution in [3.05, 3.63) is 29.8 Å². The summed E-state index contributed by atoms with van der Waals surface area (Å²) in [6.07, 6.45) is 2.57. The zero-order valence-corrected chi connectivity index (χ0v) is 22.2. The number of likely N-dealkylation sites (tertiary alicyclic amines) is 1. The van der Waals surface area contributed by atoms with Crippen LogP contribution in [0.2, 0.25) is 0 Å². The van der Waals surface area contributed by atoms with Crippen molar-refractivity contribution in [3.8, 4) is 6.07 Å². The van der Waals surface area contributed by atoms with Gasteiger partial charge in [-0.1, -0.05) is 51.8 Å². The van der Waals surface area contributed by atoms with Crippen LogP contribution in [0.3, 0.4) is 0 Å². The smallest absolute Gasteiger partial charge is 0.410 e. The lowest BCUT2D eigenvalue weighted by Gasteiger charge is -2.33.